The highest BCUT2D eigenvalue weighted by Gasteiger charge is 2.29. The Morgan fingerprint density at radius 2 is 2.00 bits per heavy atom. The lowest BCUT2D eigenvalue weighted by Gasteiger charge is -2.33. The van der Waals surface area contributed by atoms with Crippen LogP contribution in [0.2, 0.25) is 0 Å². The minimum Gasteiger partial charge on any atom is -0.345 e. The number of rotatable bonds is 4. The molecule has 0 saturated heterocycles. The van der Waals surface area contributed by atoms with Gasteiger partial charge in [-0.1, -0.05) is 13.8 Å². The largest absolute Gasteiger partial charge is 0.345 e. The summed E-state index contributed by atoms with van der Waals surface area (Å²) < 4.78 is 26.5. The van der Waals surface area contributed by atoms with Gasteiger partial charge in [0.05, 0.1) is 11.1 Å². The molecule has 0 spiro atoms. The van der Waals surface area contributed by atoms with Crippen molar-refractivity contribution in [1.82, 2.24) is 5.32 Å². The summed E-state index contributed by atoms with van der Waals surface area (Å²) in [4.78, 5) is 11.9. The smallest absolute Gasteiger partial charge is 0.254 e. The van der Waals surface area contributed by atoms with Gasteiger partial charge >= 0.3 is 0 Å². The van der Waals surface area contributed by atoms with E-state index < -0.39 is 23.1 Å². The highest BCUT2D eigenvalue weighted by atomic mass is 35.5. The molecule has 0 aromatic heterocycles. The van der Waals surface area contributed by atoms with Crippen LogP contribution < -0.4 is 11.1 Å². The van der Waals surface area contributed by atoms with Gasteiger partial charge in [-0.25, -0.2) is 8.78 Å². The van der Waals surface area contributed by atoms with Crippen molar-refractivity contribution in [2.24, 2.45) is 11.7 Å². The lowest BCUT2D eigenvalue weighted by atomic mass is 9.88. The Labute approximate surface area is 118 Å². The summed E-state index contributed by atoms with van der Waals surface area (Å²) >= 11 is 0. The van der Waals surface area contributed by atoms with Crippen molar-refractivity contribution < 1.29 is 13.6 Å². The van der Waals surface area contributed by atoms with Crippen molar-refractivity contribution in [3.63, 3.8) is 0 Å². The average molecular weight is 293 g/mol. The monoisotopic (exact) mass is 292 g/mol. The quantitative estimate of drug-likeness (QED) is 0.896. The topological polar surface area (TPSA) is 55.1 Å². The van der Waals surface area contributed by atoms with Crippen molar-refractivity contribution in [3.8, 4) is 0 Å². The van der Waals surface area contributed by atoms with Crippen molar-refractivity contribution in [2.45, 2.75) is 26.3 Å². The Morgan fingerprint density at radius 3 is 2.47 bits per heavy atom. The van der Waals surface area contributed by atoms with Gasteiger partial charge in [0.25, 0.3) is 5.91 Å². The van der Waals surface area contributed by atoms with Crippen LogP contribution in [-0.4, -0.2) is 18.0 Å². The van der Waals surface area contributed by atoms with E-state index in [0.717, 1.165) is 18.2 Å². The first-order chi connectivity index (χ1) is 8.30. The molecule has 6 heteroatoms. The molecule has 0 aliphatic rings. The fraction of sp³-hybridized carbons (Fsp3) is 0.462. The number of nitrogens with two attached hydrogens (primary N) is 1. The van der Waals surface area contributed by atoms with E-state index in [1.807, 2.05) is 13.8 Å². The van der Waals surface area contributed by atoms with Crippen LogP contribution >= 0.6 is 12.4 Å². The molecule has 0 bridgehead atoms. The predicted molar refractivity (Wildman–Crippen MR) is 73.4 cm³/mol. The van der Waals surface area contributed by atoms with E-state index in [9.17, 15) is 13.6 Å². The maximum absolute atomic E-state index is 13.4. The normalized spacial score (nSPS) is 13.6. The zero-order chi connectivity index (χ0) is 13.9. The molecule has 0 aliphatic carbocycles. The number of hydrogen-bond donors (Lipinski definition) is 2. The van der Waals surface area contributed by atoms with Crippen molar-refractivity contribution >= 4 is 18.3 Å². The molecule has 108 valence electrons. The number of carbonyl (C=O) groups is 1. The third-order valence-electron chi connectivity index (χ3n) is 3.27. The second-order valence-electron chi connectivity index (χ2n) is 4.85. The molecule has 0 radical (unpaired) electrons. The Kier molecular flexibility index (Phi) is 6.39. The SMILES string of the molecule is CC(C)C(C)(CN)NC(=O)c1cc(F)ccc1F.Cl. The van der Waals surface area contributed by atoms with E-state index in [4.69, 9.17) is 5.73 Å². The van der Waals surface area contributed by atoms with Gasteiger partial charge in [-0.3, -0.25) is 4.79 Å². The van der Waals surface area contributed by atoms with Crippen molar-refractivity contribution in [1.29, 1.82) is 0 Å². The van der Waals surface area contributed by atoms with Gasteiger partial charge in [0.1, 0.15) is 11.6 Å². The first-order valence-electron chi connectivity index (χ1n) is 5.78. The zero-order valence-electron chi connectivity index (χ0n) is 11.2. The van der Waals surface area contributed by atoms with Crippen LogP contribution in [0.1, 0.15) is 31.1 Å². The molecule has 1 amide bonds. The van der Waals surface area contributed by atoms with Gasteiger partial charge in [-0.2, -0.15) is 0 Å². The third-order valence-corrected chi connectivity index (χ3v) is 3.27. The number of carbonyl (C=O) groups excluding carboxylic acids is 1. The van der Waals surface area contributed by atoms with Crippen LogP contribution in [0.3, 0.4) is 0 Å². The van der Waals surface area contributed by atoms with E-state index in [1.54, 1.807) is 6.92 Å². The molecule has 1 unspecified atom stereocenters. The van der Waals surface area contributed by atoms with E-state index >= 15 is 0 Å². The van der Waals surface area contributed by atoms with E-state index in [-0.39, 0.29) is 30.4 Å². The molecule has 0 aliphatic heterocycles. The van der Waals surface area contributed by atoms with Crippen LogP contribution in [0, 0.1) is 17.6 Å². The molecular weight excluding hydrogens is 274 g/mol. The highest BCUT2D eigenvalue weighted by molar-refractivity contribution is 5.95. The van der Waals surface area contributed by atoms with Gasteiger partial charge in [0, 0.05) is 6.54 Å². The molecule has 0 heterocycles. The van der Waals surface area contributed by atoms with Gasteiger partial charge in [0.2, 0.25) is 0 Å². The number of nitrogens with one attached hydrogen (secondary N) is 1. The van der Waals surface area contributed by atoms with Gasteiger partial charge in [-0.05, 0) is 31.0 Å². The summed E-state index contributed by atoms with van der Waals surface area (Å²) in [5.41, 5.74) is 4.65. The zero-order valence-corrected chi connectivity index (χ0v) is 12.0. The minimum absolute atomic E-state index is 0. The third kappa shape index (κ3) is 4.14. The second-order valence-corrected chi connectivity index (χ2v) is 4.85. The Hall–Kier alpha value is -1.20. The van der Waals surface area contributed by atoms with E-state index in [1.165, 1.54) is 0 Å². The maximum atomic E-state index is 13.4. The number of hydrogen-bond acceptors (Lipinski definition) is 2. The molecule has 1 aromatic carbocycles. The predicted octanol–water partition coefficient (Wildman–Crippen LogP) is 2.49. The summed E-state index contributed by atoms with van der Waals surface area (Å²) in [7, 11) is 0. The van der Waals surface area contributed by atoms with Crippen LogP contribution in [-0.2, 0) is 0 Å². The Morgan fingerprint density at radius 1 is 1.42 bits per heavy atom. The van der Waals surface area contributed by atoms with E-state index in [2.05, 4.69) is 5.32 Å². The highest BCUT2D eigenvalue weighted by Crippen LogP contribution is 2.17. The summed E-state index contributed by atoms with van der Waals surface area (Å²) in [6.45, 7) is 5.78. The van der Waals surface area contributed by atoms with Crippen molar-refractivity contribution in [2.75, 3.05) is 6.54 Å². The minimum atomic E-state index is -0.753. The molecule has 3 nitrogen and oxygen atoms in total. The van der Waals surface area contributed by atoms with Gasteiger partial charge in [0.15, 0.2) is 0 Å². The van der Waals surface area contributed by atoms with Crippen LogP contribution in [0.5, 0.6) is 0 Å². The number of amides is 1. The molecule has 0 fully saturated rings. The fourth-order valence-electron chi connectivity index (χ4n) is 1.43. The molecule has 0 saturated carbocycles. The molecular formula is C13H19ClF2N2O. The number of halogens is 3. The summed E-state index contributed by atoms with van der Waals surface area (Å²) in [6, 6.07) is 2.78. The molecule has 3 N–H and O–H groups in total. The summed E-state index contributed by atoms with van der Waals surface area (Å²) in [6.07, 6.45) is 0. The second kappa shape index (κ2) is 6.82. The lowest BCUT2D eigenvalue weighted by molar-refractivity contribution is 0.0878. The van der Waals surface area contributed by atoms with Crippen LogP contribution in [0.25, 0.3) is 0 Å². The molecule has 19 heavy (non-hydrogen) atoms. The van der Waals surface area contributed by atoms with Crippen molar-refractivity contribution in [3.05, 3.63) is 35.4 Å². The molecule has 1 aromatic rings. The maximum Gasteiger partial charge on any atom is 0.254 e. The lowest BCUT2D eigenvalue weighted by Crippen LogP contribution is -2.55. The first-order valence-corrected chi connectivity index (χ1v) is 5.78. The average Bonchev–Trinajstić information content (AvgIpc) is 2.31. The first kappa shape index (κ1) is 17.8. The molecule has 1 atom stereocenters. The van der Waals surface area contributed by atoms with Crippen LogP contribution in [0.4, 0.5) is 8.78 Å². The van der Waals surface area contributed by atoms with Gasteiger partial charge in [-0.15, -0.1) is 12.4 Å². The fourth-order valence-corrected chi connectivity index (χ4v) is 1.43. The Bertz CT molecular complexity index is 454. The molecule has 1 rings (SSSR count). The summed E-state index contributed by atoms with van der Waals surface area (Å²) in [5, 5.41) is 2.66. The standard InChI is InChI=1S/C13H18F2N2O.ClH/c1-8(2)13(3,7-16)17-12(18)10-6-9(14)4-5-11(10)15;/h4-6,8H,7,16H2,1-3H3,(H,17,18);1H. The van der Waals surface area contributed by atoms with E-state index in [0.29, 0.717) is 0 Å². The number of benzene rings is 1. The van der Waals surface area contributed by atoms with Crippen LogP contribution in [0.15, 0.2) is 18.2 Å². The summed E-state index contributed by atoms with van der Waals surface area (Å²) in [5.74, 6) is -1.99. The van der Waals surface area contributed by atoms with Gasteiger partial charge < -0.3 is 11.1 Å². The Balaban J connectivity index is 0.00000324.